The molecule has 22 heavy (non-hydrogen) atoms. The number of aromatic nitrogens is 1. The van der Waals surface area contributed by atoms with Crippen molar-refractivity contribution in [3.63, 3.8) is 0 Å². The quantitative estimate of drug-likeness (QED) is 0.794. The first-order valence-corrected chi connectivity index (χ1v) is 9.33. The summed E-state index contributed by atoms with van der Waals surface area (Å²) in [6.45, 7) is 4.18. The van der Waals surface area contributed by atoms with E-state index < -0.39 is 15.3 Å². The van der Waals surface area contributed by atoms with Crippen molar-refractivity contribution in [1.29, 1.82) is 0 Å². The number of fused-ring (bicyclic) bond motifs is 1. The van der Waals surface area contributed by atoms with Crippen molar-refractivity contribution in [2.75, 3.05) is 0 Å². The number of benzene rings is 1. The summed E-state index contributed by atoms with van der Waals surface area (Å²) < 4.78 is 25.8. The molecule has 0 spiro atoms. The van der Waals surface area contributed by atoms with Gasteiger partial charge in [-0.25, -0.2) is 13.4 Å². The van der Waals surface area contributed by atoms with Gasteiger partial charge in [0.05, 0.1) is 24.0 Å². The minimum absolute atomic E-state index is 0.360. The Morgan fingerprint density at radius 2 is 1.91 bits per heavy atom. The van der Waals surface area contributed by atoms with Gasteiger partial charge < -0.3 is 0 Å². The Labute approximate surface area is 134 Å². The lowest BCUT2D eigenvalue weighted by atomic mass is 10.2. The van der Waals surface area contributed by atoms with E-state index in [2.05, 4.69) is 16.8 Å². The van der Waals surface area contributed by atoms with Crippen LogP contribution in [0.5, 0.6) is 0 Å². The van der Waals surface area contributed by atoms with E-state index in [4.69, 9.17) is 0 Å². The van der Waals surface area contributed by atoms with Crippen molar-refractivity contribution >= 4 is 21.4 Å². The molecule has 0 bridgehead atoms. The van der Waals surface area contributed by atoms with E-state index in [1.807, 2.05) is 30.3 Å². The molecule has 114 valence electrons. The highest BCUT2D eigenvalue weighted by Crippen LogP contribution is 2.30. The summed E-state index contributed by atoms with van der Waals surface area (Å²) in [6, 6.07) is 9.74. The zero-order valence-corrected chi connectivity index (χ0v) is 14.0. The first-order valence-electron chi connectivity index (χ1n) is 7.01. The molecule has 0 saturated heterocycles. The van der Waals surface area contributed by atoms with Gasteiger partial charge in [-0.1, -0.05) is 24.1 Å². The Hall–Kier alpha value is -1.68. The highest BCUT2D eigenvalue weighted by Gasteiger charge is 2.33. The summed E-state index contributed by atoms with van der Waals surface area (Å²) >= 11 is 1.48. The van der Waals surface area contributed by atoms with Crippen LogP contribution in [0.25, 0.3) is 0 Å². The van der Waals surface area contributed by atoms with Gasteiger partial charge in [0.15, 0.2) is 5.01 Å². The summed E-state index contributed by atoms with van der Waals surface area (Å²) in [7, 11) is -3.22. The number of sulfonamides is 1. The third-order valence-corrected chi connectivity index (χ3v) is 6.63. The van der Waals surface area contributed by atoms with E-state index >= 15 is 0 Å². The number of hydrogen-bond acceptors (Lipinski definition) is 4. The molecule has 3 rings (SSSR count). The van der Waals surface area contributed by atoms with Crippen LogP contribution in [0.15, 0.2) is 30.3 Å². The summed E-state index contributed by atoms with van der Waals surface area (Å²) in [5, 5.41) is 0.342. The van der Waals surface area contributed by atoms with Crippen molar-refractivity contribution in [2.45, 2.75) is 32.2 Å². The molecule has 2 heterocycles. The lowest BCUT2D eigenvalue weighted by molar-refractivity contribution is 0.424. The monoisotopic (exact) mass is 332 g/mol. The molecule has 2 aromatic rings. The zero-order chi connectivity index (χ0) is 15.7. The van der Waals surface area contributed by atoms with Crippen molar-refractivity contribution in [1.82, 2.24) is 9.29 Å². The Kier molecular flexibility index (Phi) is 4.04. The molecule has 1 aromatic heterocycles. The lowest BCUT2D eigenvalue weighted by Gasteiger charge is -2.17. The molecule has 0 N–H and O–H groups in total. The molecule has 0 amide bonds. The van der Waals surface area contributed by atoms with E-state index in [0.29, 0.717) is 13.1 Å². The molecule has 0 fully saturated rings. The molecule has 1 aliphatic rings. The maximum atomic E-state index is 12.2. The van der Waals surface area contributed by atoms with E-state index in [9.17, 15) is 8.42 Å². The normalized spacial score (nSPS) is 14.7. The number of rotatable bonds is 2. The fourth-order valence-electron chi connectivity index (χ4n) is 2.19. The van der Waals surface area contributed by atoms with Crippen LogP contribution in [-0.2, 0) is 23.1 Å². The Morgan fingerprint density at radius 1 is 1.18 bits per heavy atom. The first kappa shape index (κ1) is 15.2. The van der Waals surface area contributed by atoms with Gasteiger partial charge in [-0.2, -0.15) is 4.31 Å². The largest absolute Gasteiger partial charge is 0.231 e. The molecule has 6 heteroatoms. The highest BCUT2D eigenvalue weighted by molar-refractivity contribution is 7.89. The molecule has 0 atom stereocenters. The predicted molar refractivity (Wildman–Crippen MR) is 87.8 cm³/mol. The van der Waals surface area contributed by atoms with Gasteiger partial charge in [-0.3, -0.25) is 0 Å². The molecular formula is C16H16N2O2S2. The van der Waals surface area contributed by atoms with Gasteiger partial charge in [0.1, 0.15) is 0 Å². The van der Waals surface area contributed by atoms with Gasteiger partial charge in [0.2, 0.25) is 10.0 Å². The average molecular weight is 332 g/mol. The van der Waals surface area contributed by atoms with Gasteiger partial charge in [-0.15, -0.1) is 11.3 Å². The van der Waals surface area contributed by atoms with Gasteiger partial charge >= 0.3 is 0 Å². The topological polar surface area (TPSA) is 50.3 Å². The molecule has 4 nitrogen and oxygen atoms in total. The fraction of sp³-hybridized carbons (Fsp3) is 0.312. The SMILES string of the molecule is CC(C)S(=O)(=O)N1Cc2nc(C#Cc3ccccc3)sc2C1. The van der Waals surface area contributed by atoms with E-state index in [-0.39, 0.29) is 0 Å². The maximum Gasteiger partial charge on any atom is 0.217 e. The van der Waals surface area contributed by atoms with Crippen LogP contribution in [0.3, 0.4) is 0 Å². The van der Waals surface area contributed by atoms with E-state index in [1.54, 1.807) is 13.8 Å². The number of nitrogens with zero attached hydrogens (tertiary/aromatic N) is 2. The molecule has 1 aliphatic heterocycles. The van der Waals surface area contributed by atoms with Gasteiger partial charge in [0, 0.05) is 10.4 Å². The predicted octanol–water partition coefficient (Wildman–Crippen LogP) is 2.60. The summed E-state index contributed by atoms with van der Waals surface area (Å²) in [5.41, 5.74) is 1.79. The van der Waals surface area contributed by atoms with Crippen LogP contribution in [-0.4, -0.2) is 23.0 Å². The number of hydrogen-bond donors (Lipinski definition) is 0. The molecular weight excluding hydrogens is 316 g/mol. The molecule has 0 unspecified atom stereocenters. The van der Waals surface area contributed by atoms with Gasteiger partial charge in [0.25, 0.3) is 0 Å². The highest BCUT2D eigenvalue weighted by atomic mass is 32.2. The van der Waals surface area contributed by atoms with Crippen LogP contribution < -0.4 is 0 Å². The second-order valence-electron chi connectivity index (χ2n) is 5.37. The van der Waals surface area contributed by atoms with E-state index in [0.717, 1.165) is 21.1 Å². The Morgan fingerprint density at radius 3 is 2.55 bits per heavy atom. The van der Waals surface area contributed by atoms with E-state index in [1.165, 1.54) is 15.6 Å². The third-order valence-electron chi connectivity index (χ3n) is 3.47. The van der Waals surface area contributed by atoms with Gasteiger partial charge in [-0.05, 0) is 31.9 Å². The smallest absolute Gasteiger partial charge is 0.217 e. The van der Waals surface area contributed by atoms with Crippen LogP contribution in [0.4, 0.5) is 0 Å². The molecule has 1 aromatic carbocycles. The number of thiazole rings is 1. The lowest BCUT2D eigenvalue weighted by Crippen LogP contribution is -2.32. The minimum atomic E-state index is -3.22. The first-order chi connectivity index (χ1) is 10.5. The second kappa shape index (κ2) is 5.84. The van der Waals surface area contributed by atoms with Crippen molar-refractivity contribution < 1.29 is 8.42 Å². The minimum Gasteiger partial charge on any atom is -0.231 e. The Bertz CT molecular complexity index is 820. The molecule has 0 aliphatic carbocycles. The average Bonchev–Trinajstić information content (AvgIpc) is 3.04. The molecule has 0 radical (unpaired) electrons. The van der Waals surface area contributed by atoms with Crippen LogP contribution in [0, 0.1) is 11.8 Å². The van der Waals surface area contributed by atoms with Crippen LogP contribution >= 0.6 is 11.3 Å². The second-order valence-corrected chi connectivity index (χ2v) is 8.94. The molecule has 0 saturated carbocycles. The summed E-state index contributed by atoms with van der Waals surface area (Å²) in [4.78, 5) is 5.47. The van der Waals surface area contributed by atoms with Crippen LogP contribution in [0.1, 0.15) is 35.0 Å². The summed E-state index contributed by atoms with van der Waals surface area (Å²) in [6.07, 6.45) is 0. The zero-order valence-electron chi connectivity index (χ0n) is 12.4. The fourth-order valence-corrected chi connectivity index (χ4v) is 4.42. The Balaban J connectivity index is 1.78. The maximum absolute atomic E-state index is 12.2. The summed E-state index contributed by atoms with van der Waals surface area (Å²) in [5.74, 6) is 6.13. The standard InChI is InChI=1S/C16H16N2O2S2/c1-12(2)22(19,20)18-10-14-15(11-18)21-16(17-14)9-8-13-6-4-3-5-7-13/h3-7,12H,10-11H2,1-2H3. The van der Waals surface area contributed by atoms with Crippen molar-refractivity contribution in [3.8, 4) is 11.8 Å². The van der Waals surface area contributed by atoms with Crippen LogP contribution in [0.2, 0.25) is 0 Å². The van der Waals surface area contributed by atoms with Crippen molar-refractivity contribution in [2.24, 2.45) is 0 Å². The van der Waals surface area contributed by atoms with Crippen molar-refractivity contribution in [3.05, 3.63) is 51.5 Å². The third kappa shape index (κ3) is 2.93.